The molecule has 0 aliphatic heterocycles. The van der Waals surface area contributed by atoms with Gasteiger partial charge in [-0.2, -0.15) is 0 Å². The first kappa shape index (κ1) is 15.6. The first-order chi connectivity index (χ1) is 8.92. The molecule has 0 fully saturated rings. The lowest BCUT2D eigenvalue weighted by atomic mass is 10.2. The van der Waals surface area contributed by atoms with E-state index in [1.165, 1.54) is 24.3 Å². The summed E-state index contributed by atoms with van der Waals surface area (Å²) in [6, 6.07) is 5.54. The first-order valence-corrected chi connectivity index (χ1v) is 6.86. The minimum Gasteiger partial charge on any atom is -0.465 e. The molecule has 0 spiro atoms. The first-order valence-electron chi connectivity index (χ1n) is 5.38. The Morgan fingerprint density at radius 1 is 1.42 bits per heavy atom. The highest BCUT2D eigenvalue weighted by Gasteiger charge is 2.22. The largest absolute Gasteiger partial charge is 0.465 e. The Kier molecular flexibility index (Phi) is 5.43. The smallest absolute Gasteiger partial charge is 0.339 e. The summed E-state index contributed by atoms with van der Waals surface area (Å²) in [6.45, 7) is -0.921. The lowest BCUT2D eigenvalue weighted by Crippen LogP contribution is -2.34. The third kappa shape index (κ3) is 4.00. The fraction of sp³-hybridized carbons (Fsp3) is 0.364. The van der Waals surface area contributed by atoms with Gasteiger partial charge in [0.25, 0.3) is 0 Å². The number of aliphatic hydroxyl groups excluding tert-OH is 2. The topological polar surface area (TPSA) is 113 Å². The predicted octanol–water partition coefficient (Wildman–Crippen LogP) is -0.895. The van der Waals surface area contributed by atoms with E-state index in [2.05, 4.69) is 9.46 Å². The minimum atomic E-state index is -3.97. The quantitative estimate of drug-likeness (QED) is 0.585. The minimum absolute atomic E-state index is 0.101. The molecule has 0 radical (unpaired) electrons. The molecule has 1 atom stereocenters. The number of carbonyl (C=O) groups is 1. The SMILES string of the molecule is COC(=O)c1ccccc1S(=O)(=O)NCC(O)CO. The fourth-order valence-electron chi connectivity index (χ4n) is 1.33. The van der Waals surface area contributed by atoms with Gasteiger partial charge in [-0.25, -0.2) is 17.9 Å². The molecule has 0 aliphatic carbocycles. The zero-order chi connectivity index (χ0) is 14.5. The monoisotopic (exact) mass is 289 g/mol. The van der Waals surface area contributed by atoms with Crippen molar-refractivity contribution < 1.29 is 28.2 Å². The fourth-order valence-corrected chi connectivity index (χ4v) is 2.59. The van der Waals surface area contributed by atoms with Gasteiger partial charge >= 0.3 is 5.97 Å². The number of sulfonamides is 1. The summed E-state index contributed by atoms with van der Waals surface area (Å²) < 4.78 is 30.6. The van der Waals surface area contributed by atoms with Crippen LogP contribution in [0.4, 0.5) is 0 Å². The molecule has 0 aromatic heterocycles. The van der Waals surface area contributed by atoms with Crippen LogP contribution in [0.2, 0.25) is 0 Å². The standard InChI is InChI=1S/C11H15NO6S/c1-18-11(15)9-4-2-3-5-10(9)19(16,17)12-6-8(14)7-13/h2-5,8,12-14H,6-7H2,1H3. The predicted molar refractivity (Wildman–Crippen MR) is 66.1 cm³/mol. The highest BCUT2D eigenvalue weighted by molar-refractivity contribution is 7.89. The van der Waals surface area contributed by atoms with E-state index in [-0.39, 0.29) is 17.0 Å². The average Bonchev–Trinajstić information content (AvgIpc) is 2.43. The summed E-state index contributed by atoms with van der Waals surface area (Å²) >= 11 is 0. The van der Waals surface area contributed by atoms with Crippen molar-refractivity contribution in [1.82, 2.24) is 4.72 Å². The third-order valence-electron chi connectivity index (χ3n) is 2.30. The third-order valence-corrected chi connectivity index (χ3v) is 3.78. The maximum absolute atomic E-state index is 12.0. The molecule has 1 aromatic carbocycles. The molecule has 1 unspecified atom stereocenters. The van der Waals surface area contributed by atoms with E-state index in [0.29, 0.717) is 0 Å². The lowest BCUT2D eigenvalue weighted by molar-refractivity contribution is 0.0596. The van der Waals surface area contributed by atoms with Crippen LogP contribution in [-0.2, 0) is 14.8 Å². The van der Waals surface area contributed by atoms with Crippen LogP contribution in [0.15, 0.2) is 29.2 Å². The zero-order valence-corrected chi connectivity index (χ0v) is 11.1. The summed E-state index contributed by atoms with van der Waals surface area (Å²) in [6.07, 6.45) is -1.21. The number of methoxy groups -OCH3 is 1. The summed E-state index contributed by atoms with van der Waals surface area (Å²) in [7, 11) is -2.83. The van der Waals surface area contributed by atoms with E-state index in [0.717, 1.165) is 7.11 Å². The summed E-state index contributed by atoms with van der Waals surface area (Å²) in [5.74, 6) is -0.774. The van der Waals surface area contributed by atoms with Crippen LogP contribution < -0.4 is 4.72 Å². The van der Waals surface area contributed by atoms with Gasteiger partial charge in [0.05, 0.1) is 30.3 Å². The van der Waals surface area contributed by atoms with Gasteiger partial charge in [-0.3, -0.25) is 0 Å². The number of rotatable bonds is 6. The van der Waals surface area contributed by atoms with Gasteiger partial charge in [0, 0.05) is 6.54 Å². The molecule has 0 saturated heterocycles. The van der Waals surface area contributed by atoms with E-state index in [1.54, 1.807) is 0 Å². The Morgan fingerprint density at radius 3 is 2.63 bits per heavy atom. The molecule has 1 rings (SSSR count). The second kappa shape index (κ2) is 6.62. The molecular weight excluding hydrogens is 274 g/mol. The molecule has 0 aliphatic rings. The number of nitrogens with one attached hydrogen (secondary N) is 1. The van der Waals surface area contributed by atoms with Crippen LogP contribution in [0.5, 0.6) is 0 Å². The van der Waals surface area contributed by atoms with Crippen molar-refractivity contribution in [2.75, 3.05) is 20.3 Å². The molecule has 8 heteroatoms. The van der Waals surface area contributed by atoms with Crippen LogP contribution in [-0.4, -0.2) is 51.0 Å². The summed E-state index contributed by atoms with van der Waals surface area (Å²) in [5.41, 5.74) is -0.101. The number of aliphatic hydroxyl groups is 2. The number of esters is 1. The van der Waals surface area contributed by atoms with Crippen LogP contribution >= 0.6 is 0 Å². The molecule has 7 nitrogen and oxygen atoms in total. The van der Waals surface area contributed by atoms with Crippen LogP contribution in [0.25, 0.3) is 0 Å². The van der Waals surface area contributed by atoms with Crippen LogP contribution in [0.3, 0.4) is 0 Å². The maximum Gasteiger partial charge on any atom is 0.339 e. The molecule has 0 saturated carbocycles. The van der Waals surface area contributed by atoms with Gasteiger partial charge < -0.3 is 14.9 Å². The van der Waals surface area contributed by atoms with Crippen molar-refractivity contribution in [2.24, 2.45) is 0 Å². The van der Waals surface area contributed by atoms with Crippen molar-refractivity contribution in [1.29, 1.82) is 0 Å². The highest BCUT2D eigenvalue weighted by Crippen LogP contribution is 2.16. The van der Waals surface area contributed by atoms with Gasteiger partial charge in [0.2, 0.25) is 10.0 Å². The number of benzene rings is 1. The number of hydrogen-bond donors (Lipinski definition) is 3. The van der Waals surface area contributed by atoms with Crippen LogP contribution in [0.1, 0.15) is 10.4 Å². The lowest BCUT2D eigenvalue weighted by Gasteiger charge is -2.12. The Bertz CT molecular complexity index is 542. The molecule has 19 heavy (non-hydrogen) atoms. The molecule has 0 amide bonds. The van der Waals surface area contributed by atoms with E-state index >= 15 is 0 Å². The van der Waals surface area contributed by atoms with Crippen molar-refractivity contribution in [3.8, 4) is 0 Å². The zero-order valence-electron chi connectivity index (χ0n) is 10.2. The van der Waals surface area contributed by atoms with Crippen molar-refractivity contribution in [3.63, 3.8) is 0 Å². The molecule has 1 aromatic rings. The van der Waals surface area contributed by atoms with Crippen molar-refractivity contribution in [3.05, 3.63) is 29.8 Å². The number of carbonyl (C=O) groups excluding carboxylic acids is 1. The molecular formula is C11H15NO6S. The molecule has 3 N–H and O–H groups in total. The summed E-state index contributed by atoms with van der Waals surface area (Å²) in [5, 5.41) is 17.7. The Balaban J connectivity index is 3.04. The molecule has 0 bridgehead atoms. The van der Waals surface area contributed by atoms with Gasteiger partial charge in [0.1, 0.15) is 0 Å². The van der Waals surface area contributed by atoms with Gasteiger partial charge in [-0.15, -0.1) is 0 Å². The van der Waals surface area contributed by atoms with E-state index in [1.807, 2.05) is 0 Å². The van der Waals surface area contributed by atoms with E-state index in [4.69, 9.17) is 10.2 Å². The Morgan fingerprint density at radius 2 is 2.05 bits per heavy atom. The Labute approximate surface area is 110 Å². The van der Waals surface area contributed by atoms with Crippen molar-refractivity contribution in [2.45, 2.75) is 11.0 Å². The van der Waals surface area contributed by atoms with Crippen LogP contribution in [0, 0.1) is 0 Å². The number of ether oxygens (including phenoxy) is 1. The van der Waals surface area contributed by atoms with Gasteiger partial charge in [-0.05, 0) is 12.1 Å². The summed E-state index contributed by atoms with van der Waals surface area (Å²) in [4.78, 5) is 11.2. The second-order valence-electron chi connectivity index (χ2n) is 3.68. The highest BCUT2D eigenvalue weighted by atomic mass is 32.2. The maximum atomic E-state index is 12.0. The normalized spacial score (nSPS) is 13.0. The van der Waals surface area contributed by atoms with Gasteiger partial charge in [0.15, 0.2) is 0 Å². The average molecular weight is 289 g/mol. The molecule has 0 heterocycles. The second-order valence-corrected chi connectivity index (χ2v) is 5.41. The van der Waals surface area contributed by atoms with Gasteiger partial charge in [-0.1, -0.05) is 12.1 Å². The Hall–Kier alpha value is -1.48. The van der Waals surface area contributed by atoms with Crippen molar-refractivity contribution >= 4 is 16.0 Å². The van der Waals surface area contributed by atoms with E-state index in [9.17, 15) is 13.2 Å². The number of hydrogen-bond acceptors (Lipinski definition) is 6. The molecule has 106 valence electrons. The van der Waals surface area contributed by atoms with E-state index < -0.39 is 28.7 Å².